The van der Waals surface area contributed by atoms with Crippen LogP contribution in [0.1, 0.15) is 44.4 Å². The maximum Gasteiger partial charge on any atom is 0.221 e. The Hall–Kier alpha value is -1.35. The van der Waals surface area contributed by atoms with E-state index in [0.717, 1.165) is 13.1 Å². The minimum absolute atomic E-state index is 0.130. The Balaban J connectivity index is 2.16. The van der Waals surface area contributed by atoms with Crippen LogP contribution < -0.4 is 10.6 Å². The van der Waals surface area contributed by atoms with Crippen LogP contribution in [-0.2, 0) is 10.2 Å². The highest BCUT2D eigenvalue weighted by Crippen LogP contribution is 2.25. The van der Waals surface area contributed by atoms with Crippen LogP contribution in [0.5, 0.6) is 0 Å². The molecule has 1 aromatic carbocycles. The third-order valence-electron chi connectivity index (χ3n) is 3.41. The predicted octanol–water partition coefficient (Wildman–Crippen LogP) is 2.13. The lowest BCUT2D eigenvalue weighted by atomic mass is 9.86. The van der Waals surface area contributed by atoms with Crippen LogP contribution >= 0.6 is 0 Å². The van der Waals surface area contributed by atoms with E-state index in [-0.39, 0.29) is 17.4 Å². The molecule has 98 valence electrons. The minimum atomic E-state index is 0.130. The van der Waals surface area contributed by atoms with E-state index >= 15 is 0 Å². The second-order valence-corrected chi connectivity index (χ2v) is 5.93. The van der Waals surface area contributed by atoms with Crippen molar-refractivity contribution in [3.63, 3.8) is 0 Å². The molecule has 1 aliphatic heterocycles. The molecule has 0 bridgehead atoms. The van der Waals surface area contributed by atoms with Crippen molar-refractivity contribution >= 4 is 5.91 Å². The molecule has 0 aliphatic carbocycles. The van der Waals surface area contributed by atoms with Crippen molar-refractivity contribution in [3.05, 3.63) is 35.4 Å². The molecular formula is C15H22N2O. The van der Waals surface area contributed by atoms with Gasteiger partial charge >= 0.3 is 0 Å². The van der Waals surface area contributed by atoms with Gasteiger partial charge in [0.2, 0.25) is 5.91 Å². The highest BCUT2D eigenvalue weighted by molar-refractivity contribution is 5.77. The quantitative estimate of drug-likeness (QED) is 0.797. The summed E-state index contributed by atoms with van der Waals surface area (Å²) in [4.78, 5) is 11.5. The molecule has 0 aromatic heterocycles. The van der Waals surface area contributed by atoms with E-state index in [2.05, 4.69) is 55.7 Å². The van der Waals surface area contributed by atoms with Crippen LogP contribution in [0, 0.1) is 0 Å². The van der Waals surface area contributed by atoms with Crippen LogP contribution in [-0.4, -0.2) is 19.0 Å². The van der Waals surface area contributed by atoms with E-state index in [4.69, 9.17) is 0 Å². The second-order valence-electron chi connectivity index (χ2n) is 5.93. The number of benzene rings is 1. The zero-order valence-electron chi connectivity index (χ0n) is 11.4. The molecule has 3 heteroatoms. The lowest BCUT2D eigenvalue weighted by Gasteiger charge is -2.21. The van der Waals surface area contributed by atoms with Gasteiger partial charge in [-0.1, -0.05) is 45.0 Å². The number of hydrogen-bond acceptors (Lipinski definition) is 2. The lowest BCUT2D eigenvalue weighted by Crippen LogP contribution is -2.24. The maximum absolute atomic E-state index is 11.5. The zero-order chi connectivity index (χ0) is 13.2. The summed E-state index contributed by atoms with van der Waals surface area (Å²) < 4.78 is 0. The van der Waals surface area contributed by atoms with Gasteiger partial charge in [-0.15, -0.1) is 0 Å². The van der Waals surface area contributed by atoms with Crippen LogP contribution in [0.15, 0.2) is 24.3 Å². The molecule has 1 saturated heterocycles. The summed E-state index contributed by atoms with van der Waals surface area (Å²) in [7, 11) is 0. The summed E-state index contributed by atoms with van der Waals surface area (Å²) in [6.45, 7) is 8.17. The second kappa shape index (κ2) is 5.11. The highest BCUT2D eigenvalue weighted by atomic mass is 16.1. The number of nitrogens with one attached hydrogen (secondary N) is 2. The van der Waals surface area contributed by atoms with E-state index < -0.39 is 0 Å². The van der Waals surface area contributed by atoms with Crippen molar-refractivity contribution in [3.8, 4) is 0 Å². The van der Waals surface area contributed by atoms with Gasteiger partial charge in [-0.05, 0) is 16.5 Å². The number of hydrogen-bond donors (Lipinski definition) is 2. The van der Waals surface area contributed by atoms with Gasteiger partial charge in [0.15, 0.2) is 0 Å². The van der Waals surface area contributed by atoms with Crippen LogP contribution in [0.2, 0.25) is 0 Å². The van der Waals surface area contributed by atoms with Gasteiger partial charge in [-0.25, -0.2) is 0 Å². The van der Waals surface area contributed by atoms with Gasteiger partial charge in [0.25, 0.3) is 0 Å². The molecule has 1 atom stereocenters. The predicted molar refractivity (Wildman–Crippen MR) is 73.5 cm³/mol. The van der Waals surface area contributed by atoms with Gasteiger partial charge in [-0.3, -0.25) is 4.79 Å². The molecule has 2 N–H and O–H groups in total. The molecule has 2 rings (SSSR count). The summed E-state index contributed by atoms with van der Waals surface area (Å²) in [6, 6.07) is 8.74. The Labute approximate surface area is 109 Å². The van der Waals surface area contributed by atoms with E-state index in [0.29, 0.717) is 6.42 Å². The molecule has 0 saturated carbocycles. The van der Waals surface area contributed by atoms with E-state index in [9.17, 15) is 4.79 Å². The third kappa shape index (κ3) is 3.10. The summed E-state index contributed by atoms with van der Waals surface area (Å²) in [5, 5.41) is 6.28. The van der Waals surface area contributed by atoms with Gasteiger partial charge in [0, 0.05) is 25.6 Å². The van der Waals surface area contributed by atoms with Crippen molar-refractivity contribution < 1.29 is 4.79 Å². The van der Waals surface area contributed by atoms with Crippen molar-refractivity contribution in [1.29, 1.82) is 0 Å². The Morgan fingerprint density at radius 1 is 1.11 bits per heavy atom. The smallest absolute Gasteiger partial charge is 0.221 e. The molecule has 1 aromatic rings. The first-order valence-electron chi connectivity index (χ1n) is 6.57. The Morgan fingerprint density at radius 2 is 1.78 bits per heavy atom. The van der Waals surface area contributed by atoms with E-state index in [1.807, 2.05) is 0 Å². The molecule has 1 amide bonds. The molecule has 18 heavy (non-hydrogen) atoms. The normalized spacial score (nSPS) is 21.3. The topological polar surface area (TPSA) is 41.1 Å². The Bertz CT molecular complexity index is 417. The number of amides is 1. The van der Waals surface area contributed by atoms with Gasteiger partial charge in [0.05, 0.1) is 0 Å². The average Bonchev–Trinajstić information content (AvgIpc) is 2.53. The first-order chi connectivity index (χ1) is 8.47. The molecule has 1 fully saturated rings. The largest absolute Gasteiger partial charge is 0.355 e. The van der Waals surface area contributed by atoms with Gasteiger partial charge in [0.1, 0.15) is 0 Å². The summed E-state index contributed by atoms with van der Waals surface area (Å²) >= 11 is 0. The summed E-state index contributed by atoms with van der Waals surface area (Å²) in [5.74, 6) is 0.130. The van der Waals surface area contributed by atoms with Gasteiger partial charge in [-0.2, -0.15) is 0 Å². The summed E-state index contributed by atoms with van der Waals surface area (Å²) in [5.41, 5.74) is 2.69. The third-order valence-corrected chi connectivity index (χ3v) is 3.41. The fraction of sp³-hybridized carbons (Fsp3) is 0.533. The number of rotatable bonds is 1. The number of carbonyl (C=O) groups is 1. The minimum Gasteiger partial charge on any atom is -0.355 e. The molecule has 3 nitrogen and oxygen atoms in total. The highest BCUT2D eigenvalue weighted by Gasteiger charge is 2.19. The lowest BCUT2D eigenvalue weighted by molar-refractivity contribution is -0.121. The molecule has 1 unspecified atom stereocenters. The fourth-order valence-electron chi connectivity index (χ4n) is 2.23. The Kier molecular flexibility index (Phi) is 3.71. The zero-order valence-corrected chi connectivity index (χ0v) is 11.4. The van der Waals surface area contributed by atoms with Crippen LogP contribution in [0.3, 0.4) is 0 Å². The molecule has 0 spiro atoms. The monoisotopic (exact) mass is 246 g/mol. The van der Waals surface area contributed by atoms with Crippen LogP contribution in [0.4, 0.5) is 0 Å². The maximum atomic E-state index is 11.5. The standard InChI is InChI=1S/C15H22N2O/c1-15(2,3)12-6-4-11(5-7-12)13-10-14(18)17-9-8-16-13/h4-7,13,16H,8-10H2,1-3H3,(H,17,18). The molecule has 1 aliphatic rings. The van der Waals surface area contributed by atoms with E-state index in [1.165, 1.54) is 11.1 Å². The SMILES string of the molecule is CC(C)(C)c1ccc(C2CC(=O)NCCN2)cc1. The van der Waals surface area contributed by atoms with Crippen molar-refractivity contribution in [2.75, 3.05) is 13.1 Å². The molecule has 0 radical (unpaired) electrons. The fourth-order valence-corrected chi connectivity index (χ4v) is 2.23. The average molecular weight is 246 g/mol. The Morgan fingerprint density at radius 3 is 2.39 bits per heavy atom. The van der Waals surface area contributed by atoms with E-state index in [1.54, 1.807) is 0 Å². The summed E-state index contributed by atoms with van der Waals surface area (Å²) in [6.07, 6.45) is 0.523. The van der Waals surface area contributed by atoms with Crippen molar-refractivity contribution in [2.45, 2.75) is 38.6 Å². The van der Waals surface area contributed by atoms with Crippen LogP contribution in [0.25, 0.3) is 0 Å². The molecular weight excluding hydrogens is 224 g/mol. The van der Waals surface area contributed by atoms with Crippen molar-refractivity contribution in [2.24, 2.45) is 0 Å². The van der Waals surface area contributed by atoms with Gasteiger partial charge < -0.3 is 10.6 Å². The first kappa shape index (κ1) is 13.1. The number of carbonyl (C=O) groups excluding carboxylic acids is 1. The van der Waals surface area contributed by atoms with Crippen molar-refractivity contribution in [1.82, 2.24) is 10.6 Å². The molecule has 1 heterocycles. The first-order valence-corrected chi connectivity index (χ1v) is 6.57.